The van der Waals surface area contributed by atoms with Gasteiger partial charge in [0.1, 0.15) is 13.2 Å². The van der Waals surface area contributed by atoms with Crippen LogP contribution in [0.15, 0.2) is 85.1 Å². The second-order valence-corrected chi connectivity index (χ2v) is 22.0. The topological polar surface area (TPSA) is 78.9 Å². The summed E-state index contributed by atoms with van der Waals surface area (Å²) in [7, 11) is 0. The van der Waals surface area contributed by atoms with Gasteiger partial charge in [-0.2, -0.15) is 0 Å². The summed E-state index contributed by atoms with van der Waals surface area (Å²) >= 11 is 0. The van der Waals surface area contributed by atoms with Gasteiger partial charge in [0.05, 0.1) is 0 Å². The summed E-state index contributed by atoms with van der Waals surface area (Å²) in [4.78, 5) is 38.2. The predicted molar refractivity (Wildman–Crippen MR) is 334 cm³/mol. The third-order valence-corrected chi connectivity index (χ3v) is 14.4. The lowest BCUT2D eigenvalue weighted by Crippen LogP contribution is -2.30. The lowest BCUT2D eigenvalue weighted by atomic mass is 10.0. The maximum absolute atomic E-state index is 12.8. The normalized spacial score (nSPS) is 12.6. The zero-order chi connectivity index (χ0) is 55.7. The summed E-state index contributed by atoms with van der Waals surface area (Å²) in [5, 5.41) is 0. The fraction of sp³-hybridized carbons (Fsp3) is 0.761. The van der Waals surface area contributed by atoms with E-state index in [9.17, 15) is 14.4 Å². The summed E-state index contributed by atoms with van der Waals surface area (Å²) in [6, 6.07) is 0. The molecule has 0 spiro atoms. The van der Waals surface area contributed by atoms with Crippen LogP contribution in [0.25, 0.3) is 0 Å². The van der Waals surface area contributed by atoms with Gasteiger partial charge in [-0.15, -0.1) is 0 Å². The molecule has 1 unspecified atom stereocenters. The van der Waals surface area contributed by atoms with Gasteiger partial charge in [0.15, 0.2) is 6.10 Å². The molecule has 0 radical (unpaired) electrons. The number of esters is 3. The van der Waals surface area contributed by atoms with E-state index in [0.29, 0.717) is 19.3 Å². The summed E-state index contributed by atoms with van der Waals surface area (Å²) in [5.41, 5.74) is 0. The first-order valence-corrected chi connectivity index (χ1v) is 33.1. The molecule has 0 aromatic carbocycles. The van der Waals surface area contributed by atoms with Gasteiger partial charge in [-0.3, -0.25) is 14.4 Å². The third-order valence-electron chi connectivity index (χ3n) is 14.4. The maximum atomic E-state index is 12.8. The van der Waals surface area contributed by atoms with E-state index in [-0.39, 0.29) is 31.1 Å². The molecule has 0 aliphatic heterocycles. The third kappa shape index (κ3) is 63.3. The van der Waals surface area contributed by atoms with Crippen molar-refractivity contribution < 1.29 is 28.6 Å². The van der Waals surface area contributed by atoms with Crippen LogP contribution >= 0.6 is 0 Å². The van der Waals surface area contributed by atoms with Crippen LogP contribution < -0.4 is 0 Å². The van der Waals surface area contributed by atoms with Crippen LogP contribution in [0.2, 0.25) is 0 Å². The first-order valence-electron chi connectivity index (χ1n) is 33.1. The van der Waals surface area contributed by atoms with Crippen LogP contribution in [-0.2, 0) is 28.6 Å². The molecule has 0 bridgehead atoms. The molecule has 77 heavy (non-hydrogen) atoms. The largest absolute Gasteiger partial charge is 0.462 e. The highest BCUT2D eigenvalue weighted by Crippen LogP contribution is 2.17. The number of unbranched alkanes of at least 4 members (excludes halogenated alkanes) is 35. The number of carbonyl (C=O) groups is 3. The Morgan fingerprint density at radius 3 is 0.831 bits per heavy atom. The van der Waals surface area contributed by atoms with Crippen molar-refractivity contribution in [3.8, 4) is 0 Å². The maximum Gasteiger partial charge on any atom is 0.306 e. The summed E-state index contributed by atoms with van der Waals surface area (Å²) in [5.74, 6) is -0.917. The van der Waals surface area contributed by atoms with E-state index in [1.807, 2.05) is 0 Å². The molecule has 0 amide bonds. The van der Waals surface area contributed by atoms with Crippen LogP contribution in [0.4, 0.5) is 0 Å². The summed E-state index contributed by atoms with van der Waals surface area (Å²) in [6.07, 6.45) is 86.2. The first kappa shape index (κ1) is 73.6. The number of hydrogen-bond acceptors (Lipinski definition) is 6. The Morgan fingerprint density at radius 1 is 0.273 bits per heavy atom. The van der Waals surface area contributed by atoms with E-state index in [2.05, 4.69) is 106 Å². The number of hydrogen-bond donors (Lipinski definition) is 0. The van der Waals surface area contributed by atoms with E-state index < -0.39 is 6.10 Å². The van der Waals surface area contributed by atoms with Crippen LogP contribution in [-0.4, -0.2) is 37.2 Å². The Morgan fingerprint density at radius 2 is 0.506 bits per heavy atom. The van der Waals surface area contributed by atoms with E-state index in [4.69, 9.17) is 14.2 Å². The number of rotatable bonds is 60. The van der Waals surface area contributed by atoms with Crippen molar-refractivity contribution in [1.82, 2.24) is 0 Å². The molecule has 6 heteroatoms. The molecule has 1 atom stereocenters. The fourth-order valence-electron chi connectivity index (χ4n) is 9.40. The predicted octanol–water partition coefficient (Wildman–Crippen LogP) is 22.7. The Bertz CT molecular complexity index is 1470. The van der Waals surface area contributed by atoms with Gasteiger partial charge in [-0.05, 0) is 116 Å². The minimum atomic E-state index is -0.794. The molecule has 0 saturated heterocycles. The molecule has 6 nitrogen and oxygen atoms in total. The molecule has 0 aromatic heterocycles. The monoisotopic (exact) mass is 1070 g/mol. The van der Waals surface area contributed by atoms with Gasteiger partial charge in [0.25, 0.3) is 0 Å². The average Bonchev–Trinajstić information content (AvgIpc) is 3.43. The molecule has 444 valence electrons. The van der Waals surface area contributed by atoms with Crippen molar-refractivity contribution in [3.63, 3.8) is 0 Å². The Kier molecular flexibility index (Phi) is 62.2. The molecule has 0 heterocycles. The lowest BCUT2D eigenvalue weighted by molar-refractivity contribution is -0.167. The molecule has 0 rings (SSSR count). The zero-order valence-corrected chi connectivity index (χ0v) is 51.0. The fourth-order valence-corrected chi connectivity index (χ4v) is 9.40. The van der Waals surface area contributed by atoms with Crippen LogP contribution in [0, 0.1) is 0 Å². The van der Waals surface area contributed by atoms with Crippen LogP contribution in [0.5, 0.6) is 0 Å². The Labute approximate surface area is 477 Å². The van der Waals surface area contributed by atoms with Gasteiger partial charge in [-0.1, -0.05) is 279 Å². The molecule has 0 N–H and O–H groups in total. The second-order valence-electron chi connectivity index (χ2n) is 22.0. The summed E-state index contributed by atoms with van der Waals surface area (Å²) < 4.78 is 16.9. The van der Waals surface area contributed by atoms with Gasteiger partial charge in [0, 0.05) is 19.3 Å². The van der Waals surface area contributed by atoms with Crippen molar-refractivity contribution in [2.45, 2.75) is 335 Å². The number of allylic oxidation sites excluding steroid dienone is 14. The highest BCUT2D eigenvalue weighted by Gasteiger charge is 2.19. The Balaban J connectivity index is 4.12. The van der Waals surface area contributed by atoms with E-state index in [1.165, 1.54) is 186 Å². The van der Waals surface area contributed by atoms with Crippen molar-refractivity contribution in [3.05, 3.63) is 85.1 Å². The highest BCUT2D eigenvalue weighted by atomic mass is 16.6. The molecular weight excluding hydrogens is 949 g/mol. The Hall–Kier alpha value is -3.41. The van der Waals surface area contributed by atoms with Crippen molar-refractivity contribution in [1.29, 1.82) is 0 Å². The van der Waals surface area contributed by atoms with Crippen molar-refractivity contribution >= 4 is 17.9 Å². The molecular formula is C71H124O6. The first-order chi connectivity index (χ1) is 38.0. The van der Waals surface area contributed by atoms with E-state index >= 15 is 0 Å². The minimum absolute atomic E-state index is 0.0886. The summed E-state index contributed by atoms with van der Waals surface area (Å²) in [6.45, 7) is 6.49. The number of carbonyl (C=O) groups excluding carboxylic acids is 3. The standard InChI is InChI=1S/C71H124O6/c1-4-7-10-13-16-19-22-25-26-27-28-29-30-31-32-33-34-35-36-37-38-39-40-41-42-43-44-47-49-52-55-58-61-64-70(73)76-67-68(77-71(74)65-62-59-56-53-50-46-24-21-18-15-12-9-6-3)66-75-69(72)63-60-57-54-51-48-45-23-20-17-14-11-8-5-2/h9,12,18,20-23,25,27-28,30-31,46,50,68H,4-8,10-11,13-17,19,24,26,29,32-45,47-49,51-67H2,1-3H3/b12-9-,21-18-,23-20-,25-22-,28-27-,31-30-,50-46-. The second kappa shape index (κ2) is 65.1. The smallest absolute Gasteiger partial charge is 0.306 e. The number of ether oxygens (including phenoxy) is 3. The molecule has 0 aliphatic carbocycles. The van der Waals surface area contributed by atoms with Gasteiger partial charge < -0.3 is 14.2 Å². The quantitative estimate of drug-likeness (QED) is 0.0261. The minimum Gasteiger partial charge on any atom is -0.462 e. The van der Waals surface area contributed by atoms with E-state index in [0.717, 1.165) is 103 Å². The van der Waals surface area contributed by atoms with E-state index in [1.54, 1.807) is 0 Å². The molecule has 0 aliphatic rings. The SMILES string of the molecule is CC/C=C\C/C=C\C/C=C\CCCCCC(=O)OC(COC(=O)CCCCCCC/C=C\CCCCCC)COC(=O)CCCCCCCCCCCCCCCCCCCC/C=C\C/C=C\C/C=C\CCCCCCC. The molecule has 0 fully saturated rings. The van der Waals surface area contributed by atoms with Crippen LogP contribution in [0.1, 0.15) is 329 Å². The average molecular weight is 1070 g/mol. The zero-order valence-electron chi connectivity index (χ0n) is 51.0. The highest BCUT2D eigenvalue weighted by molar-refractivity contribution is 5.71. The lowest BCUT2D eigenvalue weighted by Gasteiger charge is -2.18. The van der Waals surface area contributed by atoms with Gasteiger partial charge >= 0.3 is 17.9 Å². The van der Waals surface area contributed by atoms with Crippen molar-refractivity contribution in [2.75, 3.05) is 13.2 Å². The molecule has 0 aromatic rings. The molecule has 0 saturated carbocycles. The van der Waals surface area contributed by atoms with Gasteiger partial charge in [-0.25, -0.2) is 0 Å². The van der Waals surface area contributed by atoms with Crippen molar-refractivity contribution in [2.24, 2.45) is 0 Å². The van der Waals surface area contributed by atoms with Gasteiger partial charge in [0.2, 0.25) is 0 Å². The van der Waals surface area contributed by atoms with Crippen LogP contribution in [0.3, 0.4) is 0 Å².